The summed E-state index contributed by atoms with van der Waals surface area (Å²) in [6.45, 7) is 1.97. The van der Waals surface area contributed by atoms with Crippen LogP contribution in [0.1, 0.15) is 37.4 Å². The molecule has 5 rings (SSSR count). The van der Waals surface area contributed by atoms with Crippen LogP contribution in [0.3, 0.4) is 0 Å². The van der Waals surface area contributed by atoms with E-state index in [0.29, 0.717) is 11.9 Å². The zero-order valence-electron chi connectivity index (χ0n) is 16.0. The van der Waals surface area contributed by atoms with Gasteiger partial charge in [-0.2, -0.15) is 10.2 Å². The summed E-state index contributed by atoms with van der Waals surface area (Å²) in [6, 6.07) is 5.61. The molecule has 4 heterocycles. The Balaban J connectivity index is 1.30. The summed E-state index contributed by atoms with van der Waals surface area (Å²) in [4.78, 5) is 20.8. The first-order valence-electron chi connectivity index (χ1n) is 9.70. The van der Waals surface area contributed by atoms with Crippen LogP contribution in [0.5, 0.6) is 0 Å². The van der Waals surface area contributed by atoms with E-state index in [1.165, 1.54) is 6.33 Å². The molecule has 148 valence electrons. The molecule has 0 bridgehead atoms. The fraction of sp³-hybridized carbons (Fsp3) is 0.368. The normalized spacial score (nSPS) is 19.5. The van der Waals surface area contributed by atoms with Gasteiger partial charge in [-0.1, -0.05) is 0 Å². The molecule has 0 radical (unpaired) electrons. The molecule has 0 aliphatic heterocycles. The van der Waals surface area contributed by atoms with Gasteiger partial charge in [-0.15, -0.1) is 5.10 Å². The third-order valence-electron chi connectivity index (χ3n) is 5.36. The zero-order valence-corrected chi connectivity index (χ0v) is 16.0. The molecule has 10 nitrogen and oxygen atoms in total. The predicted octanol–water partition coefficient (Wildman–Crippen LogP) is 1.77. The number of hydrogen-bond donors (Lipinski definition) is 1. The van der Waals surface area contributed by atoms with E-state index >= 15 is 0 Å². The van der Waals surface area contributed by atoms with E-state index in [0.717, 1.165) is 42.7 Å². The number of aryl methyl sites for hydroxylation is 1. The van der Waals surface area contributed by atoms with Gasteiger partial charge in [0.2, 0.25) is 0 Å². The molecule has 0 atom stereocenters. The number of nitrogens with one attached hydrogen (secondary N) is 1. The number of rotatable bonds is 4. The van der Waals surface area contributed by atoms with Gasteiger partial charge in [-0.25, -0.2) is 23.8 Å². The van der Waals surface area contributed by atoms with Crippen LogP contribution in [0.25, 0.3) is 11.3 Å². The highest BCUT2D eigenvalue weighted by Gasteiger charge is 2.25. The zero-order chi connectivity index (χ0) is 19.8. The lowest BCUT2D eigenvalue weighted by Crippen LogP contribution is -2.33. The van der Waals surface area contributed by atoms with Crippen molar-refractivity contribution in [2.24, 2.45) is 0 Å². The maximum atomic E-state index is 12.4. The monoisotopic (exact) mass is 391 g/mol. The van der Waals surface area contributed by atoms with E-state index in [1.54, 1.807) is 34.0 Å². The average molecular weight is 391 g/mol. The molecule has 0 unspecified atom stereocenters. The lowest BCUT2D eigenvalue weighted by Gasteiger charge is -2.30. The maximum Gasteiger partial charge on any atom is 0.267 e. The van der Waals surface area contributed by atoms with Crippen molar-refractivity contribution < 1.29 is 0 Å². The second kappa shape index (κ2) is 7.12. The molecule has 0 saturated heterocycles. The van der Waals surface area contributed by atoms with E-state index < -0.39 is 0 Å². The van der Waals surface area contributed by atoms with Crippen molar-refractivity contribution in [2.75, 3.05) is 5.32 Å². The molecule has 4 aromatic heterocycles. The Kier molecular flexibility index (Phi) is 4.30. The first-order valence-corrected chi connectivity index (χ1v) is 9.70. The van der Waals surface area contributed by atoms with E-state index in [-0.39, 0.29) is 11.6 Å². The van der Waals surface area contributed by atoms with Crippen LogP contribution in [-0.4, -0.2) is 45.2 Å². The number of anilines is 1. The molecule has 4 aromatic rings. The first kappa shape index (κ1) is 17.5. The minimum absolute atomic E-state index is 0.0741. The second-order valence-electron chi connectivity index (χ2n) is 7.36. The molecule has 0 aromatic carbocycles. The lowest BCUT2D eigenvalue weighted by molar-refractivity contribution is 0.302. The van der Waals surface area contributed by atoms with Crippen LogP contribution in [0.15, 0.2) is 48.0 Å². The molecule has 0 spiro atoms. The van der Waals surface area contributed by atoms with Gasteiger partial charge in [0.25, 0.3) is 5.56 Å². The minimum Gasteiger partial charge on any atom is -0.366 e. The largest absolute Gasteiger partial charge is 0.366 e. The molecule has 1 saturated carbocycles. The molecular formula is C19H21N9O. The van der Waals surface area contributed by atoms with Gasteiger partial charge in [-0.3, -0.25) is 4.79 Å². The molecule has 1 N–H and O–H groups in total. The lowest BCUT2D eigenvalue weighted by atomic mass is 9.91. The third-order valence-corrected chi connectivity index (χ3v) is 5.36. The maximum absolute atomic E-state index is 12.4. The summed E-state index contributed by atoms with van der Waals surface area (Å²) in [7, 11) is 0. The summed E-state index contributed by atoms with van der Waals surface area (Å²) >= 11 is 0. The van der Waals surface area contributed by atoms with Crippen LogP contribution in [0.4, 0.5) is 5.82 Å². The summed E-state index contributed by atoms with van der Waals surface area (Å²) in [5.41, 5.74) is 1.85. The Labute approximate surface area is 166 Å². The Morgan fingerprint density at radius 3 is 2.79 bits per heavy atom. The van der Waals surface area contributed by atoms with Gasteiger partial charge >= 0.3 is 0 Å². The van der Waals surface area contributed by atoms with Crippen LogP contribution in [0.2, 0.25) is 0 Å². The molecular weight excluding hydrogens is 370 g/mol. The highest BCUT2D eigenvalue weighted by atomic mass is 16.1. The number of nitrogens with zero attached hydrogens (tertiary/aromatic N) is 8. The molecule has 1 aliphatic carbocycles. The standard InChI is InChI=1S/C19H21N9O/c1-13-10-16-19(21-8-9-26(16)24-13)23-14-2-4-15(5-3-14)28-18(29)7-6-17(25-28)27-12-20-11-22-27/h6-12,14-15H,2-5H2,1H3,(H,21,23). The molecule has 29 heavy (non-hydrogen) atoms. The summed E-state index contributed by atoms with van der Waals surface area (Å²) in [5, 5.41) is 16.6. The smallest absolute Gasteiger partial charge is 0.267 e. The van der Waals surface area contributed by atoms with Crippen molar-refractivity contribution in [3.05, 3.63) is 59.3 Å². The van der Waals surface area contributed by atoms with Crippen LogP contribution >= 0.6 is 0 Å². The van der Waals surface area contributed by atoms with Crippen LogP contribution in [-0.2, 0) is 0 Å². The van der Waals surface area contributed by atoms with Crippen LogP contribution in [0, 0.1) is 6.92 Å². The Hall–Kier alpha value is -3.56. The number of hydrogen-bond acceptors (Lipinski definition) is 7. The molecule has 1 aliphatic rings. The van der Waals surface area contributed by atoms with Gasteiger partial charge in [0.15, 0.2) is 11.6 Å². The topological polar surface area (TPSA) is 108 Å². The van der Waals surface area contributed by atoms with Crippen molar-refractivity contribution >= 4 is 11.3 Å². The van der Waals surface area contributed by atoms with Crippen molar-refractivity contribution in [2.45, 2.75) is 44.7 Å². The van der Waals surface area contributed by atoms with Gasteiger partial charge in [-0.05, 0) is 44.7 Å². The average Bonchev–Trinajstić information content (AvgIpc) is 3.39. The van der Waals surface area contributed by atoms with E-state index in [4.69, 9.17) is 0 Å². The molecule has 0 amide bonds. The van der Waals surface area contributed by atoms with E-state index in [9.17, 15) is 4.79 Å². The number of aromatic nitrogens is 8. The van der Waals surface area contributed by atoms with Crippen molar-refractivity contribution in [1.29, 1.82) is 0 Å². The van der Waals surface area contributed by atoms with Crippen LogP contribution < -0.4 is 10.9 Å². The van der Waals surface area contributed by atoms with E-state index in [1.807, 2.05) is 23.7 Å². The van der Waals surface area contributed by atoms with Gasteiger partial charge in [0, 0.05) is 24.5 Å². The summed E-state index contributed by atoms with van der Waals surface area (Å²) < 4.78 is 4.99. The fourth-order valence-corrected chi connectivity index (χ4v) is 3.94. The van der Waals surface area contributed by atoms with Crippen molar-refractivity contribution in [1.82, 2.24) is 39.1 Å². The highest BCUT2D eigenvalue weighted by molar-refractivity contribution is 5.68. The fourth-order valence-electron chi connectivity index (χ4n) is 3.94. The van der Waals surface area contributed by atoms with Crippen molar-refractivity contribution in [3.8, 4) is 5.82 Å². The first-order chi connectivity index (χ1) is 14.2. The van der Waals surface area contributed by atoms with Gasteiger partial charge in [0.1, 0.15) is 18.2 Å². The van der Waals surface area contributed by atoms with Crippen molar-refractivity contribution in [3.63, 3.8) is 0 Å². The second-order valence-corrected chi connectivity index (χ2v) is 7.36. The highest BCUT2D eigenvalue weighted by Crippen LogP contribution is 2.29. The van der Waals surface area contributed by atoms with E-state index in [2.05, 4.69) is 30.6 Å². The Morgan fingerprint density at radius 2 is 2.00 bits per heavy atom. The number of fused-ring (bicyclic) bond motifs is 1. The summed E-state index contributed by atoms with van der Waals surface area (Å²) in [5.74, 6) is 1.44. The predicted molar refractivity (Wildman–Crippen MR) is 106 cm³/mol. The van der Waals surface area contributed by atoms with Gasteiger partial charge in [0.05, 0.1) is 11.7 Å². The molecule has 10 heteroatoms. The minimum atomic E-state index is -0.0913. The quantitative estimate of drug-likeness (QED) is 0.565. The Morgan fingerprint density at radius 1 is 1.14 bits per heavy atom. The Bertz CT molecular complexity index is 1190. The SMILES string of the molecule is Cc1cc2c(NC3CCC(n4nc(-n5cncn5)ccc4=O)CC3)nccn2n1. The van der Waals surface area contributed by atoms with Gasteiger partial charge < -0.3 is 5.32 Å². The third kappa shape index (κ3) is 3.37. The summed E-state index contributed by atoms with van der Waals surface area (Å²) in [6.07, 6.45) is 10.2. The molecule has 1 fully saturated rings.